The Bertz CT molecular complexity index is 220. The number of fused-ring (bicyclic) bond motifs is 1. The lowest BCUT2D eigenvalue weighted by atomic mass is 9.83. The summed E-state index contributed by atoms with van der Waals surface area (Å²) < 4.78 is 0. The van der Waals surface area contributed by atoms with Crippen LogP contribution in [0.3, 0.4) is 0 Å². The van der Waals surface area contributed by atoms with Crippen molar-refractivity contribution in [2.24, 2.45) is 11.8 Å². The van der Waals surface area contributed by atoms with Crippen molar-refractivity contribution in [1.82, 2.24) is 5.32 Å². The molecule has 2 aliphatic rings. The minimum absolute atomic E-state index is 0.263. The highest BCUT2D eigenvalue weighted by Crippen LogP contribution is 2.31. The van der Waals surface area contributed by atoms with Crippen LogP contribution in [-0.2, 0) is 4.79 Å². The van der Waals surface area contributed by atoms with Crippen LogP contribution in [0.4, 0.5) is 0 Å². The van der Waals surface area contributed by atoms with Gasteiger partial charge in [0.2, 0.25) is 5.91 Å². The highest BCUT2D eigenvalue weighted by molar-refractivity contribution is 5.81. The molecule has 1 heterocycles. The van der Waals surface area contributed by atoms with E-state index in [0.29, 0.717) is 11.8 Å². The molecule has 13 heavy (non-hydrogen) atoms. The van der Waals surface area contributed by atoms with Gasteiger partial charge in [-0.1, -0.05) is 25.5 Å². The molecule has 0 spiro atoms. The minimum Gasteiger partial charge on any atom is -0.355 e. The lowest BCUT2D eigenvalue weighted by Gasteiger charge is -2.19. The third-order valence-corrected chi connectivity index (χ3v) is 2.71. The zero-order valence-corrected chi connectivity index (χ0v) is 8.76. The normalized spacial score (nSPS) is 31.0. The lowest BCUT2D eigenvalue weighted by molar-refractivity contribution is -0.123. The standard InChI is InChI=1S/C9H13NO.C2H6/c1-6-2-3-8-7(4-6)5-10-9(8)11;1-2/h4,7-8H,2-3,5H2,1H3,(H,10,11);1-2H3. The van der Waals surface area contributed by atoms with Gasteiger partial charge in [-0.15, -0.1) is 0 Å². The lowest BCUT2D eigenvalue weighted by Crippen LogP contribution is -2.20. The Hall–Kier alpha value is -0.790. The quantitative estimate of drug-likeness (QED) is 0.570. The zero-order chi connectivity index (χ0) is 9.84. The Balaban J connectivity index is 0.000000396. The third-order valence-electron chi connectivity index (χ3n) is 2.71. The van der Waals surface area contributed by atoms with E-state index in [1.54, 1.807) is 0 Å². The van der Waals surface area contributed by atoms with Gasteiger partial charge in [0.1, 0.15) is 0 Å². The number of carbonyl (C=O) groups is 1. The van der Waals surface area contributed by atoms with Gasteiger partial charge in [-0.05, 0) is 19.8 Å². The molecule has 0 aromatic rings. The molecule has 1 aliphatic carbocycles. The van der Waals surface area contributed by atoms with Crippen LogP contribution < -0.4 is 5.32 Å². The van der Waals surface area contributed by atoms with Crippen molar-refractivity contribution in [2.75, 3.05) is 6.54 Å². The number of amides is 1. The van der Waals surface area contributed by atoms with Gasteiger partial charge in [-0.25, -0.2) is 0 Å². The van der Waals surface area contributed by atoms with Gasteiger partial charge in [-0.2, -0.15) is 0 Å². The largest absolute Gasteiger partial charge is 0.355 e. The van der Waals surface area contributed by atoms with E-state index in [0.717, 1.165) is 19.4 Å². The van der Waals surface area contributed by atoms with Gasteiger partial charge in [0, 0.05) is 18.4 Å². The number of nitrogens with one attached hydrogen (secondary N) is 1. The predicted molar refractivity (Wildman–Crippen MR) is 54.3 cm³/mol. The topological polar surface area (TPSA) is 29.1 Å². The van der Waals surface area contributed by atoms with Crippen molar-refractivity contribution in [3.63, 3.8) is 0 Å². The van der Waals surface area contributed by atoms with Crippen molar-refractivity contribution in [1.29, 1.82) is 0 Å². The first-order chi connectivity index (χ1) is 6.27. The molecule has 2 atom stereocenters. The van der Waals surface area contributed by atoms with Crippen molar-refractivity contribution < 1.29 is 4.79 Å². The first-order valence-electron chi connectivity index (χ1n) is 5.22. The summed E-state index contributed by atoms with van der Waals surface area (Å²) in [5.41, 5.74) is 1.45. The summed E-state index contributed by atoms with van der Waals surface area (Å²) in [6.07, 6.45) is 4.42. The molecule has 0 bridgehead atoms. The molecule has 2 rings (SSSR count). The summed E-state index contributed by atoms with van der Waals surface area (Å²) >= 11 is 0. The Morgan fingerprint density at radius 1 is 1.46 bits per heavy atom. The fourth-order valence-electron chi connectivity index (χ4n) is 2.04. The first kappa shape index (κ1) is 10.3. The molecule has 1 fully saturated rings. The van der Waals surface area contributed by atoms with Crippen LogP contribution in [0.15, 0.2) is 11.6 Å². The van der Waals surface area contributed by atoms with Crippen LogP contribution in [0.25, 0.3) is 0 Å². The van der Waals surface area contributed by atoms with E-state index in [-0.39, 0.29) is 5.91 Å². The smallest absolute Gasteiger partial charge is 0.223 e. The van der Waals surface area contributed by atoms with Crippen LogP contribution in [0.1, 0.15) is 33.6 Å². The Kier molecular flexibility index (Phi) is 3.52. The van der Waals surface area contributed by atoms with Crippen molar-refractivity contribution >= 4 is 5.91 Å². The van der Waals surface area contributed by atoms with Crippen LogP contribution in [0.5, 0.6) is 0 Å². The van der Waals surface area contributed by atoms with Crippen LogP contribution in [0.2, 0.25) is 0 Å². The molecule has 2 unspecified atom stereocenters. The summed E-state index contributed by atoms with van der Waals surface area (Å²) in [5, 5.41) is 2.90. The predicted octanol–water partition coefficient (Wildman–Crippen LogP) is 2.11. The van der Waals surface area contributed by atoms with Gasteiger partial charge in [-0.3, -0.25) is 4.79 Å². The second-order valence-corrected chi connectivity index (χ2v) is 3.57. The maximum Gasteiger partial charge on any atom is 0.223 e. The molecule has 74 valence electrons. The van der Waals surface area contributed by atoms with Crippen molar-refractivity contribution in [3.8, 4) is 0 Å². The molecule has 1 N–H and O–H groups in total. The van der Waals surface area contributed by atoms with E-state index in [1.165, 1.54) is 5.57 Å². The van der Waals surface area contributed by atoms with E-state index in [1.807, 2.05) is 13.8 Å². The maximum atomic E-state index is 11.2. The van der Waals surface area contributed by atoms with E-state index in [9.17, 15) is 4.79 Å². The van der Waals surface area contributed by atoms with Crippen LogP contribution >= 0.6 is 0 Å². The Labute approximate surface area is 80.4 Å². The molecule has 0 aromatic carbocycles. The molecular weight excluding hydrogens is 162 g/mol. The fraction of sp³-hybridized carbons (Fsp3) is 0.727. The minimum atomic E-state index is 0.263. The van der Waals surface area contributed by atoms with Crippen molar-refractivity contribution in [3.05, 3.63) is 11.6 Å². The second kappa shape index (κ2) is 4.45. The number of hydrogen-bond acceptors (Lipinski definition) is 1. The summed E-state index contributed by atoms with van der Waals surface area (Å²) in [6, 6.07) is 0. The first-order valence-corrected chi connectivity index (χ1v) is 5.22. The molecule has 2 nitrogen and oxygen atoms in total. The molecule has 1 saturated heterocycles. The number of allylic oxidation sites excluding steroid dienone is 1. The van der Waals surface area contributed by atoms with Gasteiger partial charge >= 0.3 is 0 Å². The van der Waals surface area contributed by atoms with E-state index in [2.05, 4.69) is 18.3 Å². The zero-order valence-electron chi connectivity index (χ0n) is 8.76. The monoisotopic (exact) mass is 181 g/mol. The molecular formula is C11H19NO. The summed E-state index contributed by atoms with van der Waals surface area (Å²) in [5.74, 6) is 1.05. The fourth-order valence-corrected chi connectivity index (χ4v) is 2.04. The van der Waals surface area contributed by atoms with Gasteiger partial charge in [0.05, 0.1) is 0 Å². The number of carbonyl (C=O) groups excluding carboxylic acids is 1. The molecule has 1 amide bonds. The molecule has 0 saturated carbocycles. The van der Waals surface area contributed by atoms with Gasteiger partial charge in [0.25, 0.3) is 0 Å². The maximum absolute atomic E-state index is 11.2. The van der Waals surface area contributed by atoms with Crippen LogP contribution in [0, 0.1) is 11.8 Å². The molecule has 2 heteroatoms. The molecule has 0 radical (unpaired) electrons. The summed E-state index contributed by atoms with van der Waals surface area (Å²) in [7, 11) is 0. The Morgan fingerprint density at radius 2 is 2.15 bits per heavy atom. The SMILES string of the molecule is CC.CC1=CC2CNC(=O)C2CC1. The summed E-state index contributed by atoms with van der Waals surface area (Å²) in [6.45, 7) is 7.01. The van der Waals surface area contributed by atoms with E-state index in [4.69, 9.17) is 0 Å². The summed E-state index contributed by atoms with van der Waals surface area (Å²) in [4.78, 5) is 11.2. The average molecular weight is 181 g/mol. The van der Waals surface area contributed by atoms with Crippen LogP contribution in [-0.4, -0.2) is 12.5 Å². The molecule has 0 aromatic heterocycles. The number of hydrogen-bond donors (Lipinski definition) is 1. The second-order valence-electron chi connectivity index (χ2n) is 3.57. The van der Waals surface area contributed by atoms with Gasteiger partial charge < -0.3 is 5.32 Å². The molecule has 1 aliphatic heterocycles. The number of rotatable bonds is 0. The third kappa shape index (κ3) is 2.11. The van der Waals surface area contributed by atoms with E-state index >= 15 is 0 Å². The van der Waals surface area contributed by atoms with Gasteiger partial charge in [0.15, 0.2) is 0 Å². The average Bonchev–Trinajstić information content (AvgIpc) is 2.51. The highest BCUT2D eigenvalue weighted by atomic mass is 16.2. The Morgan fingerprint density at radius 3 is 2.85 bits per heavy atom. The van der Waals surface area contributed by atoms with E-state index < -0.39 is 0 Å². The van der Waals surface area contributed by atoms with Crippen molar-refractivity contribution in [2.45, 2.75) is 33.6 Å². The highest BCUT2D eigenvalue weighted by Gasteiger charge is 2.34.